The predicted octanol–water partition coefficient (Wildman–Crippen LogP) is 2.28. The molecule has 2 fully saturated rings. The Morgan fingerprint density at radius 2 is 2.24 bits per heavy atom. The number of esters is 1. The second kappa shape index (κ2) is 4.10. The molecule has 0 aromatic heterocycles. The summed E-state index contributed by atoms with van der Waals surface area (Å²) in [6.07, 6.45) is 0.635. The summed E-state index contributed by atoms with van der Waals surface area (Å²) in [6.45, 7) is 0.935. The lowest BCUT2D eigenvalue weighted by Crippen LogP contribution is -2.25. The zero-order valence-electron chi connectivity index (χ0n) is 9.27. The van der Waals surface area contributed by atoms with Crippen molar-refractivity contribution in [3.8, 4) is 0 Å². The molecule has 1 aliphatic carbocycles. The van der Waals surface area contributed by atoms with Gasteiger partial charge in [0.2, 0.25) is 0 Å². The van der Waals surface area contributed by atoms with Crippen LogP contribution < -0.4 is 0 Å². The van der Waals surface area contributed by atoms with Gasteiger partial charge in [0.25, 0.3) is 0 Å². The first kappa shape index (κ1) is 11.2. The van der Waals surface area contributed by atoms with Crippen molar-refractivity contribution in [3.05, 3.63) is 35.9 Å². The van der Waals surface area contributed by atoms with Crippen molar-refractivity contribution in [2.24, 2.45) is 5.92 Å². The molecule has 4 heteroatoms. The summed E-state index contributed by atoms with van der Waals surface area (Å²) in [6, 6.07) is 9.68. The van der Waals surface area contributed by atoms with E-state index in [9.17, 15) is 4.79 Å². The fraction of sp³-hybridized carbons (Fsp3) is 0.462. The van der Waals surface area contributed by atoms with Crippen LogP contribution in [0.25, 0.3) is 0 Å². The second-order valence-corrected chi connectivity index (χ2v) is 6.25. The van der Waals surface area contributed by atoms with Crippen LogP contribution >= 0.6 is 15.9 Å². The van der Waals surface area contributed by atoms with Gasteiger partial charge in [0, 0.05) is 5.92 Å². The molecular formula is C13H13BrO3. The van der Waals surface area contributed by atoms with E-state index in [0.29, 0.717) is 19.1 Å². The fourth-order valence-electron chi connectivity index (χ4n) is 2.24. The smallest absolute Gasteiger partial charge is 0.335 e. The molecule has 1 aromatic rings. The average molecular weight is 297 g/mol. The van der Waals surface area contributed by atoms with Gasteiger partial charge in [0.1, 0.15) is 6.61 Å². The van der Waals surface area contributed by atoms with Gasteiger partial charge in [-0.15, -0.1) is 0 Å². The number of fused-ring (bicyclic) bond motifs is 1. The molecule has 0 amide bonds. The summed E-state index contributed by atoms with van der Waals surface area (Å²) in [5.41, 5.74) is 1.000. The summed E-state index contributed by atoms with van der Waals surface area (Å²) < 4.78 is 10.8. The van der Waals surface area contributed by atoms with Gasteiger partial charge >= 0.3 is 5.97 Å². The SMILES string of the molecule is O=C(OCc1ccccc1)[C@H]1OC[C@]2(Br)C[C@H]12. The minimum Gasteiger partial charge on any atom is -0.459 e. The number of ether oxygens (including phenoxy) is 2. The van der Waals surface area contributed by atoms with Crippen LogP contribution in [0, 0.1) is 5.92 Å². The van der Waals surface area contributed by atoms with Gasteiger partial charge in [-0.3, -0.25) is 0 Å². The van der Waals surface area contributed by atoms with E-state index >= 15 is 0 Å². The maximum absolute atomic E-state index is 11.8. The molecule has 90 valence electrons. The minimum absolute atomic E-state index is 0.0590. The van der Waals surface area contributed by atoms with E-state index in [1.54, 1.807) is 0 Å². The lowest BCUT2D eigenvalue weighted by Gasteiger charge is -2.11. The van der Waals surface area contributed by atoms with Crippen LogP contribution in [0.4, 0.5) is 0 Å². The summed E-state index contributed by atoms with van der Waals surface area (Å²) in [7, 11) is 0. The van der Waals surface area contributed by atoms with Crippen LogP contribution in [0.2, 0.25) is 0 Å². The Kier molecular flexibility index (Phi) is 2.71. The molecule has 0 N–H and O–H groups in total. The Morgan fingerprint density at radius 1 is 1.47 bits per heavy atom. The monoisotopic (exact) mass is 296 g/mol. The third-order valence-corrected chi connectivity index (χ3v) is 4.53. The van der Waals surface area contributed by atoms with Crippen molar-refractivity contribution in [2.45, 2.75) is 23.5 Å². The first-order valence-corrected chi connectivity index (χ1v) is 6.49. The van der Waals surface area contributed by atoms with Gasteiger partial charge in [-0.2, -0.15) is 0 Å². The maximum atomic E-state index is 11.8. The molecule has 2 aliphatic rings. The number of hydrogen-bond donors (Lipinski definition) is 0. The van der Waals surface area contributed by atoms with E-state index in [0.717, 1.165) is 12.0 Å². The van der Waals surface area contributed by atoms with Crippen LogP contribution in [-0.4, -0.2) is 23.0 Å². The first-order chi connectivity index (χ1) is 8.19. The van der Waals surface area contributed by atoms with Crippen molar-refractivity contribution >= 4 is 21.9 Å². The molecule has 17 heavy (non-hydrogen) atoms. The summed E-state index contributed by atoms with van der Waals surface area (Å²) in [4.78, 5) is 11.8. The molecule has 1 saturated carbocycles. The Balaban J connectivity index is 1.55. The molecule has 0 bridgehead atoms. The van der Waals surface area contributed by atoms with Gasteiger partial charge in [0.15, 0.2) is 6.10 Å². The highest BCUT2D eigenvalue weighted by Gasteiger charge is 2.64. The van der Waals surface area contributed by atoms with Crippen molar-refractivity contribution in [1.29, 1.82) is 0 Å². The molecule has 0 unspecified atom stereocenters. The van der Waals surface area contributed by atoms with Gasteiger partial charge in [-0.05, 0) is 12.0 Å². The molecule has 3 nitrogen and oxygen atoms in total. The zero-order valence-corrected chi connectivity index (χ0v) is 10.9. The van der Waals surface area contributed by atoms with Crippen LogP contribution in [-0.2, 0) is 20.9 Å². The number of hydrogen-bond acceptors (Lipinski definition) is 3. The Morgan fingerprint density at radius 3 is 2.82 bits per heavy atom. The van der Waals surface area contributed by atoms with E-state index in [1.807, 2.05) is 30.3 Å². The van der Waals surface area contributed by atoms with Crippen molar-refractivity contribution in [3.63, 3.8) is 0 Å². The van der Waals surface area contributed by atoms with Crippen LogP contribution in [0.3, 0.4) is 0 Å². The van der Waals surface area contributed by atoms with Crippen molar-refractivity contribution < 1.29 is 14.3 Å². The lowest BCUT2D eigenvalue weighted by molar-refractivity contribution is -0.157. The number of rotatable bonds is 3. The first-order valence-electron chi connectivity index (χ1n) is 5.70. The topological polar surface area (TPSA) is 35.5 Å². The van der Waals surface area contributed by atoms with Gasteiger partial charge in [0.05, 0.1) is 10.9 Å². The fourth-order valence-corrected chi connectivity index (χ4v) is 2.96. The Hall–Kier alpha value is -0.870. The van der Waals surface area contributed by atoms with Crippen LogP contribution in [0.15, 0.2) is 30.3 Å². The quantitative estimate of drug-likeness (QED) is 0.634. The van der Waals surface area contributed by atoms with Crippen molar-refractivity contribution in [1.82, 2.24) is 0 Å². The van der Waals surface area contributed by atoms with Crippen molar-refractivity contribution in [2.75, 3.05) is 6.61 Å². The standard InChI is InChI=1S/C13H13BrO3/c14-13-6-10(13)11(17-8-13)12(15)16-7-9-4-2-1-3-5-9/h1-5,10-11H,6-8H2/t10-,11+,13-/m1/s1. The molecule has 3 atom stereocenters. The molecule has 0 radical (unpaired) electrons. The van der Waals surface area contributed by atoms with E-state index < -0.39 is 0 Å². The number of carbonyl (C=O) groups is 1. The van der Waals surface area contributed by atoms with Gasteiger partial charge < -0.3 is 9.47 Å². The largest absolute Gasteiger partial charge is 0.459 e. The third-order valence-electron chi connectivity index (χ3n) is 3.39. The molecule has 1 saturated heterocycles. The van der Waals surface area contributed by atoms with Gasteiger partial charge in [-0.25, -0.2) is 4.79 Å². The average Bonchev–Trinajstić information content (AvgIpc) is 2.90. The second-order valence-electron chi connectivity index (χ2n) is 4.67. The van der Waals surface area contributed by atoms with E-state index in [4.69, 9.17) is 9.47 Å². The molecule has 1 aliphatic heterocycles. The molecule has 3 rings (SSSR count). The summed E-state index contributed by atoms with van der Waals surface area (Å²) >= 11 is 3.59. The van der Waals surface area contributed by atoms with E-state index in [-0.39, 0.29) is 16.4 Å². The Labute approximate surface area is 108 Å². The highest BCUT2D eigenvalue weighted by atomic mass is 79.9. The van der Waals surface area contributed by atoms with E-state index in [2.05, 4.69) is 15.9 Å². The summed E-state index contributed by atoms with van der Waals surface area (Å²) in [5, 5.41) is 0. The molecular weight excluding hydrogens is 284 g/mol. The highest BCUT2D eigenvalue weighted by Crippen LogP contribution is 2.58. The van der Waals surface area contributed by atoms with Gasteiger partial charge in [-0.1, -0.05) is 46.3 Å². The van der Waals surface area contributed by atoms with Crippen LogP contribution in [0.5, 0.6) is 0 Å². The number of alkyl halides is 1. The zero-order chi connectivity index (χ0) is 11.9. The van der Waals surface area contributed by atoms with Crippen LogP contribution in [0.1, 0.15) is 12.0 Å². The van der Waals surface area contributed by atoms with E-state index in [1.165, 1.54) is 0 Å². The highest BCUT2D eigenvalue weighted by molar-refractivity contribution is 9.10. The molecule has 1 heterocycles. The predicted molar refractivity (Wildman–Crippen MR) is 65.7 cm³/mol. The number of halogens is 1. The minimum atomic E-state index is -0.377. The normalized spacial score (nSPS) is 34.2. The third kappa shape index (κ3) is 2.11. The molecule has 1 aromatic carbocycles. The number of benzene rings is 1. The Bertz CT molecular complexity index is 434. The lowest BCUT2D eigenvalue weighted by atomic mass is 10.2. The number of carbonyl (C=O) groups excluding carboxylic acids is 1. The molecule has 0 spiro atoms. The maximum Gasteiger partial charge on any atom is 0.335 e. The summed E-state index contributed by atoms with van der Waals surface area (Å²) in [5.74, 6) is 0.0588.